The Morgan fingerprint density at radius 1 is 1.18 bits per heavy atom. The molecule has 13 heteroatoms. The summed E-state index contributed by atoms with van der Waals surface area (Å²) in [5.74, 6) is -1.69. The summed E-state index contributed by atoms with van der Waals surface area (Å²) in [5.41, 5.74) is 0.137. The summed E-state index contributed by atoms with van der Waals surface area (Å²) in [7, 11) is -7.78. The van der Waals surface area contributed by atoms with Gasteiger partial charge in [-0.25, -0.2) is 22.0 Å². The fourth-order valence-electron chi connectivity index (χ4n) is 1.93. The predicted molar refractivity (Wildman–Crippen MR) is 102 cm³/mol. The second-order valence-corrected chi connectivity index (χ2v) is 9.95. The first-order valence-corrected chi connectivity index (χ1v) is 11.6. The van der Waals surface area contributed by atoms with Crippen molar-refractivity contribution in [2.45, 2.75) is 22.1 Å². The largest absolute Gasteiger partial charge is 0.452 e. The molecule has 1 atom stereocenters. The average molecular weight is 448 g/mol. The Hall–Kier alpha value is -2.32. The van der Waals surface area contributed by atoms with Gasteiger partial charge in [-0.2, -0.15) is 4.72 Å². The van der Waals surface area contributed by atoms with Crippen LogP contribution in [0.5, 0.6) is 0 Å². The van der Waals surface area contributed by atoms with Gasteiger partial charge in [-0.05, 0) is 36.6 Å². The molecule has 0 saturated heterocycles. The van der Waals surface area contributed by atoms with Crippen molar-refractivity contribution in [1.82, 2.24) is 4.72 Å². The van der Waals surface area contributed by atoms with Crippen molar-refractivity contribution >= 4 is 48.9 Å². The van der Waals surface area contributed by atoms with Crippen LogP contribution in [0.4, 0.5) is 5.69 Å². The minimum atomic E-state index is -3.94. The normalized spacial score (nSPS) is 12.9. The van der Waals surface area contributed by atoms with E-state index in [0.717, 1.165) is 17.4 Å². The zero-order chi connectivity index (χ0) is 20.9. The molecule has 0 bridgehead atoms. The molecule has 0 aliphatic rings. The standard InChI is InChI=1S/C15H17N3O7S3/c1-10(15(20)18-11-4-2-5-12(8-11)27(16,21)22)25-13(19)9-17-28(23,24)14-6-3-7-26-14/h2-8,10,17H,9H2,1H3,(H,18,20)(H2,16,21,22). The summed E-state index contributed by atoms with van der Waals surface area (Å²) in [6.45, 7) is 0.628. The first kappa shape index (κ1) is 22.0. The van der Waals surface area contributed by atoms with Crippen molar-refractivity contribution in [2.24, 2.45) is 5.14 Å². The van der Waals surface area contributed by atoms with E-state index in [0.29, 0.717) is 0 Å². The maximum atomic E-state index is 12.1. The van der Waals surface area contributed by atoms with Gasteiger partial charge in [0.25, 0.3) is 15.9 Å². The lowest BCUT2D eigenvalue weighted by Crippen LogP contribution is -2.35. The number of carbonyl (C=O) groups excluding carboxylic acids is 2. The molecule has 0 saturated carbocycles. The van der Waals surface area contributed by atoms with E-state index in [1.165, 1.54) is 31.2 Å². The molecule has 1 unspecified atom stereocenters. The summed E-state index contributed by atoms with van der Waals surface area (Å²) in [4.78, 5) is 23.7. The smallest absolute Gasteiger partial charge is 0.321 e. The van der Waals surface area contributed by atoms with E-state index in [1.807, 2.05) is 0 Å². The molecule has 0 fully saturated rings. The number of thiophene rings is 1. The Balaban J connectivity index is 1.91. The van der Waals surface area contributed by atoms with Gasteiger partial charge in [0.2, 0.25) is 10.0 Å². The molecule has 0 aliphatic carbocycles. The number of hydrogen-bond acceptors (Lipinski definition) is 8. The van der Waals surface area contributed by atoms with Gasteiger partial charge in [0.1, 0.15) is 10.8 Å². The SMILES string of the molecule is CC(OC(=O)CNS(=O)(=O)c1cccs1)C(=O)Nc1cccc(S(N)(=O)=O)c1. The number of anilines is 1. The maximum Gasteiger partial charge on any atom is 0.321 e. The number of nitrogens with two attached hydrogens (primary N) is 1. The Labute approximate surface area is 165 Å². The van der Waals surface area contributed by atoms with E-state index in [2.05, 4.69) is 10.0 Å². The Kier molecular flexibility index (Phi) is 6.90. The monoisotopic (exact) mass is 447 g/mol. The van der Waals surface area contributed by atoms with Crippen LogP contribution in [0.2, 0.25) is 0 Å². The van der Waals surface area contributed by atoms with Gasteiger partial charge < -0.3 is 10.1 Å². The number of ether oxygens (including phenoxy) is 1. The summed E-state index contributed by atoms with van der Waals surface area (Å²) in [6, 6.07) is 8.14. The van der Waals surface area contributed by atoms with E-state index in [4.69, 9.17) is 9.88 Å². The second-order valence-electron chi connectivity index (χ2n) is 5.45. The molecule has 28 heavy (non-hydrogen) atoms. The summed E-state index contributed by atoms with van der Waals surface area (Å²) in [5, 5.41) is 8.98. The van der Waals surface area contributed by atoms with Crippen LogP contribution in [0.25, 0.3) is 0 Å². The molecule has 10 nitrogen and oxygen atoms in total. The highest BCUT2D eigenvalue weighted by Gasteiger charge is 2.21. The lowest BCUT2D eigenvalue weighted by Gasteiger charge is -2.14. The van der Waals surface area contributed by atoms with Crippen LogP contribution in [-0.4, -0.2) is 41.4 Å². The number of hydrogen-bond donors (Lipinski definition) is 3. The average Bonchev–Trinajstić information content (AvgIpc) is 3.15. The Morgan fingerprint density at radius 3 is 2.50 bits per heavy atom. The minimum absolute atomic E-state index is 0.0424. The fraction of sp³-hybridized carbons (Fsp3) is 0.200. The van der Waals surface area contributed by atoms with E-state index in [1.54, 1.807) is 11.4 Å². The van der Waals surface area contributed by atoms with Gasteiger partial charge in [-0.15, -0.1) is 11.3 Å². The third-order valence-electron chi connectivity index (χ3n) is 3.27. The predicted octanol–water partition coefficient (Wildman–Crippen LogP) is 0.244. The molecule has 0 spiro atoms. The van der Waals surface area contributed by atoms with Crippen LogP contribution < -0.4 is 15.2 Å². The third-order valence-corrected chi connectivity index (χ3v) is 6.98. The molecule has 2 aromatic rings. The molecule has 2 rings (SSSR count). The Bertz CT molecular complexity index is 1060. The zero-order valence-corrected chi connectivity index (χ0v) is 16.9. The van der Waals surface area contributed by atoms with Crippen LogP contribution in [0.3, 0.4) is 0 Å². The van der Waals surface area contributed by atoms with Crippen molar-refractivity contribution in [3.8, 4) is 0 Å². The van der Waals surface area contributed by atoms with E-state index in [-0.39, 0.29) is 14.8 Å². The summed E-state index contributed by atoms with van der Waals surface area (Å²) in [6.07, 6.45) is -1.25. The van der Waals surface area contributed by atoms with Crippen molar-refractivity contribution in [1.29, 1.82) is 0 Å². The highest BCUT2D eigenvalue weighted by molar-refractivity contribution is 7.91. The number of esters is 1. The number of nitrogens with one attached hydrogen (secondary N) is 2. The van der Waals surface area contributed by atoms with Crippen molar-refractivity contribution in [3.05, 3.63) is 41.8 Å². The van der Waals surface area contributed by atoms with Gasteiger partial charge in [-0.3, -0.25) is 9.59 Å². The molecular formula is C15H17N3O7S3. The maximum absolute atomic E-state index is 12.1. The topological polar surface area (TPSA) is 162 Å². The number of carbonyl (C=O) groups is 2. The summed E-state index contributed by atoms with van der Waals surface area (Å²) < 4.78 is 53.5. The fourth-order valence-corrected chi connectivity index (χ4v) is 4.49. The minimum Gasteiger partial charge on any atom is -0.452 e. The van der Waals surface area contributed by atoms with Gasteiger partial charge >= 0.3 is 5.97 Å². The molecule has 1 aromatic heterocycles. The molecular weight excluding hydrogens is 430 g/mol. The molecule has 4 N–H and O–H groups in total. The van der Waals surface area contributed by atoms with Crippen LogP contribution in [0.1, 0.15) is 6.92 Å². The number of sulfonamides is 2. The highest BCUT2D eigenvalue weighted by Crippen LogP contribution is 2.16. The first-order valence-electron chi connectivity index (χ1n) is 7.65. The van der Waals surface area contributed by atoms with Crippen LogP contribution in [-0.2, 0) is 34.4 Å². The van der Waals surface area contributed by atoms with Crippen molar-refractivity contribution in [3.63, 3.8) is 0 Å². The lowest BCUT2D eigenvalue weighted by molar-refractivity contribution is -0.151. The van der Waals surface area contributed by atoms with Crippen LogP contribution in [0.15, 0.2) is 50.9 Å². The second kappa shape index (κ2) is 8.79. The molecule has 1 amide bonds. The van der Waals surface area contributed by atoms with Crippen LogP contribution in [0, 0.1) is 0 Å². The van der Waals surface area contributed by atoms with Crippen LogP contribution >= 0.6 is 11.3 Å². The molecule has 0 aliphatic heterocycles. The summed E-state index contributed by atoms with van der Waals surface area (Å²) >= 11 is 0.986. The van der Waals surface area contributed by atoms with Gasteiger partial charge in [-0.1, -0.05) is 12.1 Å². The zero-order valence-electron chi connectivity index (χ0n) is 14.5. The lowest BCUT2D eigenvalue weighted by atomic mass is 10.3. The Morgan fingerprint density at radius 2 is 1.89 bits per heavy atom. The first-order chi connectivity index (χ1) is 13.0. The number of amides is 1. The molecule has 0 radical (unpaired) electrons. The van der Waals surface area contributed by atoms with E-state index in [9.17, 15) is 26.4 Å². The number of benzene rings is 1. The highest BCUT2D eigenvalue weighted by atomic mass is 32.2. The van der Waals surface area contributed by atoms with Gasteiger partial charge in [0.15, 0.2) is 6.10 Å². The molecule has 152 valence electrons. The third kappa shape index (κ3) is 6.10. The number of primary sulfonamides is 1. The van der Waals surface area contributed by atoms with E-state index < -0.39 is 44.6 Å². The van der Waals surface area contributed by atoms with Crippen molar-refractivity contribution in [2.75, 3.05) is 11.9 Å². The van der Waals surface area contributed by atoms with Gasteiger partial charge in [0, 0.05) is 5.69 Å². The van der Waals surface area contributed by atoms with Crippen molar-refractivity contribution < 1.29 is 31.2 Å². The molecule has 1 heterocycles. The van der Waals surface area contributed by atoms with Gasteiger partial charge in [0.05, 0.1) is 4.90 Å². The van der Waals surface area contributed by atoms with E-state index >= 15 is 0 Å². The number of rotatable bonds is 8. The quantitative estimate of drug-likeness (QED) is 0.488. The molecule has 1 aromatic carbocycles.